The van der Waals surface area contributed by atoms with Gasteiger partial charge in [-0.25, -0.2) is 0 Å². The fourth-order valence-electron chi connectivity index (χ4n) is 2.28. The number of fused-ring (bicyclic) bond motifs is 1. The number of benzene rings is 2. The third-order valence-electron chi connectivity index (χ3n) is 3.27. The van der Waals surface area contributed by atoms with Gasteiger partial charge in [-0.05, 0) is 17.7 Å². The molecule has 0 amide bonds. The van der Waals surface area contributed by atoms with Crippen LogP contribution in [0.15, 0.2) is 54.7 Å². The predicted molar refractivity (Wildman–Crippen MR) is 82.5 cm³/mol. The van der Waals surface area contributed by atoms with Crippen LogP contribution in [0, 0.1) is 0 Å². The second-order valence-corrected chi connectivity index (χ2v) is 4.78. The lowest BCUT2D eigenvalue weighted by molar-refractivity contribution is -0.254. The highest BCUT2D eigenvalue weighted by molar-refractivity contribution is 5.96. The van der Waals surface area contributed by atoms with E-state index < -0.39 is 0 Å². The van der Waals surface area contributed by atoms with Crippen LogP contribution >= 0.6 is 0 Å². The Morgan fingerprint density at radius 3 is 2.80 bits per heavy atom. The second-order valence-electron chi connectivity index (χ2n) is 4.78. The Morgan fingerprint density at radius 2 is 1.95 bits per heavy atom. The number of anilines is 2. The summed E-state index contributed by atoms with van der Waals surface area (Å²) in [6, 6.07) is 16.1. The maximum absolute atomic E-state index is 6.04. The van der Waals surface area contributed by atoms with Gasteiger partial charge in [0.1, 0.15) is 5.69 Å². The quantitative estimate of drug-likeness (QED) is 0.680. The molecule has 0 saturated carbocycles. The summed E-state index contributed by atoms with van der Waals surface area (Å²) in [4.78, 5) is 4.34. The maximum Gasteiger partial charge on any atom is 0.128 e. The number of nitrogen functional groups attached to an aromatic ring is 1. The van der Waals surface area contributed by atoms with E-state index in [2.05, 4.69) is 28.2 Å². The SMILES string of the molecule is Nc1cnc2ccccc2c1NCc1cccc([NH3+])c1. The van der Waals surface area contributed by atoms with E-state index in [1.165, 1.54) is 5.56 Å². The van der Waals surface area contributed by atoms with Gasteiger partial charge in [0.2, 0.25) is 0 Å². The molecule has 0 aliphatic rings. The van der Waals surface area contributed by atoms with Gasteiger partial charge < -0.3 is 16.8 Å². The van der Waals surface area contributed by atoms with E-state index in [0.717, 1.165) is 22.3 Å². The second kappa shape index (κ2) is 5.19. The minimum Gasteiger partial charge on any atom is -0.396 e. The van der Waals surface area contributed by atoms with Gasteiger partial charge in [-0.15, -0.1) is 0 Å². The molecule has 0 unspecified atom stereocenters. The molecule has 0 fully saturated rings. The van der Waals surface area contributed by atoms with Gasteiger partial charge in [-0.3, -0.25) is 4.98 Å². The van der Waals surface area contributed by atoms with Crippen molar-refractivity contribution in [2.24, 2.45) is 0 Å². The number of pyridine rings is 1. The summed E-state index contributed by atoms with van der Waals surface area (Å²) in [6.45, 7) is 0.710. The average molecular weight is 265 g/mol. The standard InChI is InChI=1S/C16H16N4/c17-12-5-3-4-11(8-12)9-20-16-13-6-1-2-7-15(13)19-10-14(16)18/h1-8,10H,9,17-18H2,(H,19,20)/p+1. The molecule has 0 bridgehead atoms. The van der Waals surface area contributed by atoms with Crippen molar-refractivity contribution in [1.29, 1.82) is 0 Å². The normalized spacial score (nSPS) is 10.7. The van der Waals surface area contributed by atoms with Gasteiger partial charge in [0.05, 0.1) is 23.1 Å². The fourth-order valence-corrected chi connectivity index (χ4v) is 2.28. The molecule has 1 aromatic heterocycles. The molecule has 0 aliphatic carbocycles. The van der Waals surface area contributed by atoms with E-state index in [0.29, 0.717) is 12.2 Å². The fraction of sp³-hybridized carbons (Fsp3) is 0.0625. The van der Waals surface area contributed by atoms with Crippen molar-refractivity contribution in [3.8, 4) is 0 Å². The van der Waals surface area contributed by atoms with Crippen molar-refractivity contribution >= 4 is 28.0 Å². The van der Waals surface area contributed by atoms with Gasteiger partial charge in [0, 0.05) is 18.0 Å². The molecular formula is C16H17N4+. The summed E-state index contributed by atoms with van der Waals surface area (Å²) >= 11 is 0. The monoisotopic (exact) mass is 265 g/mol. The van der Waals surface area contributed by atoms with Crippen LogP contribution in [-0.2, 0) is 6.54 Å². The van der Waals surface area contributed by atoms with Gasteiger partial charge in [0.15, 0.2) is 0 Å². The van der Waals surface area contributed by atoms with Crippen LogP contribution in [0.25, 0.3) is 10.9 Å². The van der Waals surface area contributed by atoms with Crippen molar-refractivity contribution in [1.82, 2.24) is 4.98 Å². The first-order valence-corrected chi connectivity index (χ1v) is 6.52. The first kappa shape index (κ1) is 12.4. The molecule has 3 aromatic rings. The lowest BCUT2D eigenvalue weighted by Gasteiger charge is -2.12. The number of nitrogens with zero attached hydrogens (tertiary/aromatic N) is 1. The summed E-state index contributed by atoms with van der Waals surface area (Å²) in [5.74, 6) is 0. The van der Waals surface area contributed by atoms with Crippen molar-refractivity contribution in [2.75, 3.05) is 11.1 Å². The van der Waals surface area contributed by atoms with E-state index in [-0.39, 0.29) is 0 Å². The lowest BCUT2D eigenvalue weighted by atomic mass is 10.1. The molecule has 0 atom stereocenters. The van der Waals surface area contributed by atoms with Gasteiger partial charge in [-0.1, -0.05) is 30.3 Å². The number of aromatic nitrogens is 1. The molecule has 0 aliphatic heterocycles. The molecule has 0 saturated heterocycles. The zero-order chi connectivity index (χ0) is 13.9. The van der Waals surface area contributed by atoms with E-state index in [4.69, 9.17) is 5.73 Å². The molecule has 4 nitrogen and oxygen atoms in total. The highest BCUT2D eigenvalue weighted by Gasteiger charge is 2.06. The zero-order valence-electron chi connectivity index (χ0n) is 11.1. The van der Waals surface area contributed by atoms with Gasteiger partial charge >= 0.3 is 0 Å². The van der Waals surface area contributed by atoms with Crippen molar-refractivity contribution < 1.29 is 5.73 Å². The Morgan fingerprint density at radius 1 is 1.10 bits per heavy atom. The summed E-state index contributed by atoms with van der Waals surface area (Å²) in [6.07, 6.45) is 1.70. The maximum atomic E-state index is 6.04. The number of rotatable bonds is 3. The Labute approximate surface area is 117 Å². The average Bonchev–Trinajstić information content (AvgIpc) is 2.46. The first-order chi connectivity index (χ1) is 9.74. The third-order valence-corrected chi connectivity index (χ3v) is 3.27. The van der Waals surface area contributed by atoms with Crippen molar-refractivity contribution in [3.05, 3.63) is 60.3 Å². The lowest BCUT2D eigenvalue weighted by Crippen LogP contribution is -2.40. The number of nitrogens with one attached hydrogen (secondary N) is 1. The summed E-state index contributed by atoms with van der Waals surface area (Å²) in [5.41, 5.74) is 14.7. The molecule has 3 rings (SSSR count). The molecule has 0 radical (unpaired) electrons. The Bertz CT molecular complexity index is 752. The van der Waals surface area contributed by atoms with Crippen LogP contribution in [0.3, 0.4) is 0 Å². The number of quaternary nitrogens is 1. The van der Waals surface area contributed by atoms with Gasteiger partial charge in [0.25, 0.3) is 0 Å². The zero-order valence-corrected chi connectivity index (χ0v) is 11.1. The molecular weight excluding hydrogens is 248 g/mol. The first-order valence-electron chi connectivity index (χ1n) is 6.52. The van der Waals surface area contributed by atoms with Crippen LogP contribution in [0.5, 0.6) is 0 Å². The van der Waals surface area contributed by atoms with Crippen molar-refractivity contribution in [3.63, 3.8) is 0 Å². The summed E-state index contributed by atoms with van der Waals surface area (Å²) < 4.78 is 0. The van der Waals surface area contributed by atoms with Crippen molar-refractivity contribution in [2.45, 2.75) is 6.54 Å². The predicted octanol–water partition coefficient (Wildman–Crippen LogP) is 2.30. The highest BCUT2D eigenvalue weighted by Crippen LogP contribution is 2.28. The minimum absolute atomic E-state index is 0.662. The number of hydrogen-bond acceptors (Lipinski definition) is 3. The molecule has 100 valence electrons. The molecule has 1 heterocycles. The summed E-state index contributed by atoms with van der Waals surface area (Å²) in [7, 11) is 0. The van der Waals surface area contributed by atoms with Crippen LogP contribution in [0.1, 0.15) is 5.56 Å². The van der Waals surface area contributed by atoms with Crippen LogP contribution in [-0.4, -0.2) is 4.98 Å². The Hall–Kier alpha value is -2.59. The minimum atomic E-state index is 0.662. The topological polar surface area (TPSA) is 78.6 Å². The van der Waals surface area contributed by atoms with Gasteiger partial charge in [-0.2, -0.15) is 0 Å². The Balaban J connectivity index is 1.92. The van der Waals surface area contributed by atoms with Crippen LogP contribution < -0.4 is 16.8 Å². The van der Waals surface area contributed by atoms with Crippen LogP contribution in [0.2, 0.25) is 0 Å². The molecule has 4 heteroatoms. The molecule has 6 N–H and O–H groups in total. The molecule has 2 aromatic carbocycles. The number of nitrogens with two attached hydrogens (primary N) is 1. The van der Waals surface area contributed by atoms with E-state index in [9.17, 15) is 0 Å². The van der Waals surface area contributed by atoms with E-state index >= 15 is 0 Å². The number of para-hydroxylation sites is 1. The molecule has 0 spiro atoms. The Kier molecular flexibility index (Phi) is 3.23. The van der Waals surface area contributed by atoms with E-state index in [1.54, 1.807) is 6.20 Å². The van der Waals surface area contributed by atoms with Crippen LogP contribution in [0.4, 0.5) is 17.1 Å². The van der Waals surface area contributed by atoms with E-state index in [1.807, 2.05) is 36.4 Å². The summed E-state index contributed by atoms with van der Waals surface area (Å²) in [5, 5.41) is 4.45. The largest absolute Gasteiger partial charge is 0.396 e. The third kappa shape index (κ3) is 2.41. The smallest absolute Gasteiger partial charge is 0.128 e. The molecule has 20 heavy (non-hydrogen) atoms. The number of hydrogen-bond donors (Lipinski definition) is 3. The highest BCUT2D eigenvalue weighted by atomic mass is 14.9.